The molecular weight excluding hydrogens is 440 g/mol. The van der Waals surface area contributed by atoms with Gasteiger partial charge in [0.1, 0.15) is 12.2 Å². The third kappa shape index (κ3) is 3.97. The Morgan fingerprint density at radius 3 is 2.42 bits per heavy atom. The Kier molecular flexibility index (Phi) is 5.35. The van der Waals surface area contributed by atoms with Crippen LogP contribution in [0.15, 0.2) is 50.9 Å². The zero-order chi connectivity index (χ0) is 23.3. The Bertz CT molecular complexity index is 1430. The largest absolute Gasteiger partial charge is 0.437 e. The maximum atomic E-state index is 13.0. The highest BCUT2D eigenvalue weighted by atomic mass is 35.5. The number of halogens is 1. The van der Waals surface area contributed by atoms with Gasteiger partial charge in [0.15, 0.2) is 11.2 Å². The van der Waals surface area contributed by atoms with Crippen molar-refractivity contribution < 1.29 is 4.42 Å². The Hall–Kier alpha value is -3.01. The molecule has 1 aliphatic rings. The van der Waals surface area contributed by atoms with Crippen molar-refractivity contribution in [3.63, 3.8) is 0 Å². The van der Waals surface area contributed by atoms with Crippen molar-refractivity contribution in [2.45, 2.75) is 42.5 Å². The van der Waals surface area contributed by atoms with E-state index in [0.29, 0.717) is 12.5 Å². The van der Waals surface area contributed by atoms with Crippen molar-refractivity contribution in [3.05, 3.63) is 74.8 Å². The normalized spacial score (nSPS) is 18.5. The summed E-state index contributed by atoms with van der Waals surface area (Å²) in [5.74, 6) is 0.140. The zero-order valence-corrected chi connectivity index (χ0v) is 18.2. The van der Waals surface area contributed by atoms with Crippen LogP contribution in [0.4, 0.5) is 0 Å². The number of rotatable bonds is 6. The van der Waals surface area contributed by atoms with Gasteiger partial charge in [0.25, 0.3) is 5.56 Å². The summed E-state index contributed by atoms with van der Waals surface area (Å²) in [4.78, 5) is 33.1. The second kappa shape index (κ2) is 8.09. The van der Waals surface area contributed by atoms with Crippen LogP contribution in [0.1, 0.15) is 41.8 Å². The molecule has 0 bridgehead atoms. The predicted molar refractivity (Wildman–Crippen MR) is 124 cm³/mol. The van der Waals surface area contributed by atoms with E-state index in [1.54, 1.807) is 0 Å². The monoisotopic (exact) mass is 456 g/mol. The van der Waals surface area contributed by atoms with Gasteiger partial charge in [0.2, 0.25) is 5.89 Å². The molecule has 5 rings (SSSR count). The topological polar surface area (TPSA) is 101 Å². The highest BCUT2D eigenvalue weighted by Gasteiger charge is 2.34. The van der Waals surface area contributed by atoms with E-state index in [4.69, 9.17) is 39.6 Å². The van der Waals surface area contributed by atoms with Gasteiger partial charge >= 0.3 is 5.76 Å². The number of nitrogens with zero attached hydrogens (tertiary/aromatic N) is 6. The molecule has 0 atom stereocenters. The number of fused-ring (bicyclic) bond motifs is 1. The van der Waals surface area contributed by atoms with E-state index in [-0.39, 0.29) is 34.5 Å². The first kappa shape index (κ1) is 21.8. The minimum atomic E-state index is -1.76. The Morgan fingerprint density at radius 2 is 1.79 bits per heavy atom. The second-order valence-corrected chi connectivity index (χ2v) is 8.52. The lowest BCUT2D eigenvalue weighted by Gasteiger charge is -2.34. The van der Waals surface area contributed by atoms with Gasteiger partial charge < -0.3 is 8.98 Å². The molecule has 0 unspecified atom stereocenters. The first-order chi connectivity index (χ1) is 15.7. The number of hydrogen-bond donors (Lipinski definition) is 0. The third-order valence-corrected chi connectivity index (χ3v) is 6.17. The Morgan fingerprint density at radius 1 is 1.09 bits per heavy atom. The van der Waals surface area contributed by atoms with Gasteiger partial charge in [-0.3, -0.25) is 9.36 Å². The fraction of sp³-hybridized carbons (Fsp3) is 0.350. The average Bonchev–Trinajstić information content (AvgIpc) is 3.34. The van der Waals surface area contributed by atoms with Crippen molar-refractivity contribution in [3.8, 4) is 0 Å². The quantitative estimate of drug-likeness (QED) is 0.313. The van der Waals surface area contributed by atoms with E-state index in [0.717, 1.165) is 24.0 Å². The van der Waals surface area contributed by atoms with E-state index in [9.17, 15) is 9.59 Å². The fourth-order valence-corrected chi connectivity index (χ4v) is 4.22. The predicted octanol–water partition coefficient (Wildman–Crippen LogP) is 0.722. The molecule has 13 heteroatoms. The second-order valence-electron chi connectivity index (χ2n) is 8.26. The SMILES string of the molecule is [B]C([B])([B])n1cnc2ncn(Cc3ccc(C4CC(n5nc(CCl)oc5=O)C4)cc3)c(=O)c21. The molecular formula is C20H16B3ClN6O3. The van der Waals surface area contributed by atoms with Crippen LogP contribution in [0.2, 0.25) is 0 Å². The lowest BCUT2D eigenvalue weighted by Crippen LogP contribution is -2.37. The highest BCUT2D eigenvalue weighted by molar-refractivity contribution is 6.56. The lowest BCUT2D eigenvalue weighted by molar-refractivity contribution is 0.233. The zero-order valence-electron chi connectivity index (χ0n) is 17.5. The summed E-state index contributed by atoms with van der Waals surface area (Å²) in [6.07, 6.45) is 4.31. The molecule has 1 fully saturated rings. The molecule has 0 amide bonds. The summed E-state index contributed by atoms with van der Waals surface area (Å²) < 4.78 is 9.03. The van der Waals surface area contributed by atoms with Gasteiger partial charge in [0, 0.05) is 0 Å². The highest BCUT2D eigenvalue weighted by Crippen LogP contribution is 2.43. The van der Waals surface area contributed by atoms with Crippen LogP contribution in [-0.4, -0.2) is 52.4 Å². The molecule has 0 spiro atoms. The van der Waals surface area contributed by atoms with Crippen LogP contribution < -0.4 is 11.3 Å². The smallest absolute Gasteiger partial charge is 0.391 e. The molecule has 3 aromatic heterocycles. The summed E-state index contributed by atoms with van der Waals surface area (Å²) >= 11 is 5.68. The molecule has 1 aliphatic carbocycles. The Balaban J connectivity index is 1.30. The van der Waals surface area contributed by atoms with Crippen LogP contribution in [0.25, 0.3) is 11.2 Å². The van der Waals surface area contributed by atoms with E-state index in [1.807, 2.05) is 24.3 Å². The summed E-state index contributed by atoms with van der Waals surface area (Å²) in [6, 6.07) is 7.98. The average molecular weight is 456 g/mol. The van der Waals surface area contributed by atoms with Crippen molar-refractivity contribution >= 4 is 46.3 Å². The van der Waals surface area contributed by atoms with E-state index in [1.165, 1.54) is 26.5 Å². The van der Waals surface area contributed by atoms with Gasteiger partial charge in [-0.1, -0.05) is 29.5 Å². The first-order valence-corrected chi connectivity index (χ1v) is 10.8. The molecule has 6 radical (unpaired) electrons. The maximum Gasteiger partial charge on any atom is 0.437 e. The molecule has 33 heavy (non-hydrogen) atoms. The molecule has 9 nitrogen and oxygen atoms in total. The summed E-state index contributed by atoms with van der Waals surface area (Å²) in [5.41, 5.74) is 2.09. The fourth-order valence-electron chi connectivity index (χ4n) is 4.12. The van der Waals surface area contributed by atoms with Gasteiger partial charge in [-0.25, -0.2) is 14.8 Å². The third-order valence-electron chi connectivity index (χ3n) is 5.94. The Labute approximate surface area is 197 Å². The van der Waals surface area contributed by atoms with Gasteiger partial charge in [-0.2, -0.15) is 4.68 Å². The number of imidazole rings is 1. The number of aromatic nitrogens is 6. The van der Waals surface area contributed by atoms with E-state index >= 15 is 0 Å². The molecule has 0 N–H and O–H groups in total. The molecule has 3 heterocycles. The minimum absolute atomic E-state index is 0.00359. The van der Waals surface area contributed by atoms with Crippen molar-refractivity contribution in [2.24, 2.45) is 0 Å². The maximum absolute atomic E-state index is 13.0. The standard InChI is InChI=1S/C20H16B3ClN6O3/c21-20(22,23)29-10-26-17-16(29)18(31)28(9-25-17)8-11-1-3-12(4-2-11)13-5-14(6-13)30-19(32)33-15(7-24)27-30/h1-4,9-10,13-14H,5-8H2. The van der Waals surface area contributed by atoms with Crippen LogP contribution in [0, 0.1) is 0 Å². The van der Waals surface area contributed by atoms with Gasteiger partial charge in [-0.05, 0) is 29.9 Å². The van der Waals surface area contributed by atoms with E-state index < -0.39 is 11.0 Å². The number of benzene rings is 1. The lowest BCUT2D eigenvalue weighted by atomic mass is 9.49. The number of hydrogen-bond acceptors (Lipinski definition) is 6. The van der Waals surface area contributed by atoms with Crippen LogP contribution >= 0.6 is 11.6 Å². The van der Waals surface area contributed by atoms with Crippen molar-refractivity contribution in [1.82, 2.24) is 28.9 Å². The van der Waals surface area contributed by atoms with E-state index in [2.05, 4.69) is 15.1 Å². The van der Waals surface area contributed by atoms with Gasteiger partial charge in [0.05, 0.1) is 42.5 Å². The van der Waals surface area contributed by atoms with Crippen LogP contribution in [-0.2, 0) is 17.7 Å². The molecule has 160 valence electrons. The molecule has 0 saturated heterocycles. The summed E-state index contributed by atoms with van der Waals surface area (Å²) in [7, 11) is 17.2. The number of alkyl halides is 1. The minimum Gasteiger partial charge on any atom is -0.391 e. The van der Waals surface area contributed by atoms with Crippen LogP contribution in [0.3, 0.4) is 0 Å². The van der Waals surface area contributed by atoms with Crippen molar-refractivity contribution in [2.75, 3.05) is 0 Å². The first-order valence-electron chi connectivity index (χ1n) is 10.3. The van der Waals surface area contributed by atoms with Crippen LogP contribution in [0.5, 0.6) is 0 Å². The molecule has 1 aromatic carbocycles. The van der Waals surface area contributed by atoms with Gasteiger partial charge in [-0.15, -0.1) is 16.7 Å². The summed E-state index contributed by atoms with van der Waals surface area (Å²) in [5, 5.41) is 2.36. The summed E-state index contributed by atoms with van der Waals surface area (Å²) in [6.45, 7) is 0.308. The molecule has 1 saturated carbocycles. The molecule has 0 aliphatic heterocycles. The van der Waals surface area contributed by atoms with Crippen molar-refractivity contribution in [1.29, 1.82) is 0 Å². The molecule has 4 aromatic rings.